The fourth-order valence-corrected chi connectivity index (χ4v) is 8.80. The van der Waals surface area contributed by atoms with Crippen LogP contribution in [0.2, 0.25) is 0 Å². The molecule has 8 rings (SSSR count). The van der Waals surface area contributed by atoms with Crippen LogP contribution in [0.4, 0.5) is 5.69 Å². The number of fused-ring (bicyclic) bond motifs is 6. The largest absolute Gasteiger partial charge is 0.478 e. The second-order valence-corrected chi connectivity index (χ2v) is 15.0. The molecule has 0 saturated heterocycles. The molecule has 0 radical (unpaired) electrons. The smallest absolute Gasteiger partial charge is 0.335 e. The molecule has 0 fully saturated rings. The fraction of sp³-hybridized carbons (Fsp3) is 0.270. The van der Waals surface area contributed by atoms with E-state index in [1.165, 1.54) is 26.4 Å². The van der Waals surface area contributed by atoms with E-state index < -0.39 is 5.97 Å². The lowest BCUT2D eigenvalue weighted by molar-refractivity contribution is 0.0697. The van der Waals surface area contributed by atoms with Crippen LogP contribution in [0.1, 0.15) is 103 Å². The number of aliphatic imine (C=N–C) groups is 2. The van der Waals surface area contributed by atoms with Crippen molar-refractivity contribution in [2.75, 3.05) is 5.73 Å². The van der Waals surface area contributed by atoms with Crippen LogP contribution in [0, 0.1) is 41.5 Å². The van der Waals surface area contributed by atoms with Crippen LogP contribution in [-0.2, 0) is 0 Å². The topological polar surface area (TPSA) is 149 Å². The molecule has 2 unspecified atom stereocenters. The van der Waals surface area contributed by atoms with Crippen LogP contribution in [0.5, 0.6) is 0 Å². The monoisotopic (exact) mass is 703 g/mol. The first-order chi connectivity index (χ1) is 23.8. The molecule has 0 aliphatic carbocycles. The van der Waals surface area contributed by atoms with E-state index in [-0.39, 0.29) is 17.6 Å². The maximum Gasteiger partial charge on any atom is 0.335 e. The molecule has 50 heavy (non-hydrogen) atoms. The van der Waals surface area contributed by atoms with Crippen LogP contribution in [0.3, 0.4) is 0 Å². The van der Waals surface area contributed by atoms with Crippen molar-refractivity contribution in [1.29, 1.82) is 0 Å². The van der Waals surface area contributed by atoms with E-state index in [1.807, 2.05) is 57.2 Å². The van der Waals surface area contributed by atoms with Crippen LogP contribution in [0.25, 0.3) is 10.0 Å². The Labute approximate surface area is 297 Å². The number of carbonyl (C=O) groups is 1. The van der Waals surface area contributed by atoms with Crippen molar-refractivity contribution in [3.63, 3.8) is 0 Å². The summed E-state index contributed by atoms with van der Waals surface area (Å²) >= 11 is 3.48. The summed E-state index contributed by atoms with van der Waals surface area (Å²) in [6.07, 6.45) is 0. The zero-order chi connectivity index (χ0) is 35.6. The molecule has 0 bridgehead atoms. The van der Waals surface area contributed by atoms with E-state index >= 15 is 0 Å². The van der Waals surface area contributed by atoms with Gasteiger partial charge in [-0.25, -0.2) is 4.79 Å². The number of nitrogen functional groups attached to an aromatic ring is 1. The number of aromatic carboxylic acids is 1. The predicted octanol–water partition coefficient (Wildman–Crippen LogP) is 7.61. The minimum atomic E-state index is -0.933. The van der Waals surface area contributed by atoms with Gasteiger partial charge in [0.2, 0.25) is 0 Å². The summed E-state index contributed by atoms with van der Waals surface area (Å²) in [6.45, 7) is 16.5. The Morgan fingerprint density at radius 2 is 1.06 bits per heavy atom. The van der Waals surface area contributed by atoms with Gasteiger partial charge in [0.1, 0.15) is 33.7 Å². The molecule has 13 heteroatoms. The van der Waals surface area contributed by atoms with E-state index in [4.69, 9.17) is 20.8 Å². The first-order valence-electron chi connectivity index (χ1n) is 16.3. The third kappa shape index (κ3) is 5.46. The maximum absolute atomic E-state index is 11.2. The van der Waals surface area contributed by atoms with Crippen LogP contribution >= 0.6 is 22.7 Å². The molecule has 6 heterocycles. The Kier molecular flexibility index (Phi) is 8.35. The average molecular weight is 704 g/mol. The molecule has 3 N–H and O–H groups in total. The third-order valence-electron chi connectivity index (χ3n) is 9.30. The molecule has 2 aromatic carbocycles. The highest BCUT2D eigenvalue weighted by atomic mass is 32.1. The second-order valence-electron chi connectivity index (χ2n) is 12.6. The third-order valence-corrected chi connectivity index (χ3v) is 11.7. The van der Waals surface area contributed by atoms with Gasteiger partial charge in [-0.3, -0.25) is 19.1 Å². The first kappa shape index (κ1) is 33.2. The Morgan fingerprint density at radius 3 is 1.46 bits per heavy atom. The van der Waals surface area contributed by atoms with Crippen molar-refractivity contribution in [2.45, 2.75) is 67.5 Å². The van der Waals surface area contributed by atoms with Crippen molar-refractivity contribution in [1.82, 2.24) is 29.5 Å². The lowest BCUT2D eigenvalue weighted by atomic mass is 9.99. The maximum atomic E-state index is 11.2. The van der Waals surface area contributed by atoms with Gasteiger partial charge in [0.05, 0.1) is 17.0 Å². The minimum absolute atomic E-state index is 0.0574. The number of hydrogen-bond donors (Lipinski definition) is 2. The Bertz CT molecular complexity index is 2360. The van der Waals surface area contributed by atoms with Crippen molar-refractivity contribution < 1.29 is 9.90 Å². The van der Waals surface area contributed by atoms with Crippen LogP contribution < -0.4 is 5.73 Å². The summed E-state index contributed by atoms with van der Waals surface area (Å²) in [4.78, 5) is 23.6. The molecule has 2 atom stereocenters. The van der Waals surface area contributed by atoms with E-state index in [2.05, 4.69) is 64.1 Å². The Hall–Kier alpha value is -5.27. The average Bonchev–Trinajstić information content (AvgIpc) is 3.79. The quantitative estimate of drug-likeness (QED) is 0.180. The van der Waals surface area contributed by atoms with Gasteiger partial charge in [-0.05, 0) is 90.8 Å². The highest BCUT2D eigenvalue weighted by Gasteiger charge is 2.31. The number of thiophene rings is 2. The molecule has 0 amide bonds. The summed E-state index contributed by atoms with van der Waals surface area (Å²) in [5.74, 6) is 2.51. The van der Waals surface area contributed by atoms with Gasteiger partial charge in [-0.2, -0.15) is 0 Å². The number of nitrogens with zero attached hydrogens (tertiary/aromatic N) is 8. The van der Waals surface area contributed by atoms with Gasteiger partial charge in [0, 0.05) is 37.7 Å². The standard InChI is InChI=1S/C19H18N4O2S.C18H19N5S/c1-9-11(3)26-18-15(9)16(13-5-7-14(8-6-13)19(24)25)20-10(2)17-22-21-12(4)23(17)18;1-9-11(3)24-18-15(9)16(13-5-7-14(19)8-6-13)20-10(2)17-22-21-12(4)23(17)18/h5-8,10H,1-4H3,(H,24,25);5-8,10H,19H2,1-4H3. The summed E-state index contributed by atoms with van der Waals surface area (Å²) < 4.78 is 4.24. The molecular formula is C37H37N9O2S2. The predicted molar refractivity (Wildman–Crippen MR) is 199 cm³/mol. The molecule has 2 aliphatic rings. The van der Waals surface area contributed by atoms with E-state index in [9.17, 15) is 4.79 Å². The van der Waals surface area contributed by atoms with Gasteiger partial charge >= 0.3 is 5.97 Å². The van der Waals surface area contributed by atoms with Crippen LogP contribution in [-0.4, -0.2) is 52.0 Å². The Balaban J connectivity index is 0.000000157. The molecule has 2 aliphatic heterocycles. The fourth-order valence-electron chi connectivity index (χ4n) is 6.37. The second kappa shape index (κ2) is 12.6. The lowest BCUT2D eigenvalue weighted by Crippen LogP contribution is -2.08. The van der Waals surface area contributed by atoms with Gasteiger partial charge in [-0.1, -0.05) is 24.3 Å². The van der Waals surface area contributed by atoms with E-state index in [0.29, 0.717) is 0 Å². The number of carboxylic acid groups (broad SMARTS) is 1. The molecule has 0 spiro atoms. The zero-order valence-corrected chi connectivity index (χ0v) is 30.7. The number of benzene rings is 2. The number of aromatic nitrogens is 6. The zero-order valence-electron chi connectivity index (χ0n) is 29.1. The molecule has 6 aromatic rings. The number of carboxylic acids is 1. The molecule has 254 valence electrons. The van der Waals surface area contributed by atoms with Gasteiger partial charge < -0.3 is 10.8 Å². The summed E-state index contributed by atoms with van der Waals surface area (Å²) in [7, 11) is 0. The SMILES string of the molecule is Cc1sc2c(c1C)C(c1ccc(C(=O)O)cc1)=NC(C)c1nnc(C)n1-2.Cc1sc2c(c1C)C(c1ccc(N)cc1)=NC(C)c1nnc(C)n1-2. The summed E-state index contributed by atoms with van der Waals surface area (Å²) in [6, 6.07) is 14.6. The first-order valence-corrected chi connectivity index (χ1v) is 17.9. The number of anilines is 1. The summed E-state index contributed by atoms with van der Waals surface area (Å²) in [5.41, 5.74) is 15.4. The minimum Gasteiger partial charge on any atom is -0.478 e. The highest BCUT2D eigenvalue weighted by molar-refractivity contribution is 7.15. The number of aryl methyl sites for hydroxylation is 4. The van der Waals surface area contributed by atoms with Crippen LogP contribution in [0.15, 0.2) is 58.5 Å². The van der Waals surface area contributed by atoms with Gasteiger partial charge in [0.25, 0.3) is 0 Å². The van der Waals surface area contributed by atoms with Crippen molar-refractivity contribution in [2.24, 2.45) is 9.98 Å². The number of nitrogens with two attached hydrogens (primary N) is 1. The summed E-state index contributed by atoms with van der Waals surface area (Å²) in [5, 5.41) is 28.6. The number of rotatable bonds is 3. The van der Waals surface area contributed by atoms with Crippen molar-refractivity contribution in [3.05, 3.63) is 121 Å². The molecular weight excluding hydrogens is 667 g/mol. The Morgan fingerprint density at radius 1 is 0.660 bits per heavy atom. The van der Waals surface area contributed by atoms with Gasteiger partial charge in [0.15, 0.2) is 11.6 Å². The highest BCUT2D eigenvalue weighted by Crippen LogP contribution is 2.40. The van der Waals surface area contributed by atoms with E-state index in [0.717, 1.165) is 67.1 Å². The number of hydrogen-bond acceptors (Lipinski definition) is 10. The van der Waals surface area contributed by atoms with Gasteiger partial charge in [-0.15, -0.1) is 43.1 Å². The lowest BCUT2D eigenvalue weighted by Gasteiger charge is -2.09. The molecule has 0 saturated carbocycles. The van der Waals surface area contributed by atoms with Crippen molar-refractivity contribution >= 4 is 45.8 Å². The molecule has 4 aromatic heterocycles. The van der Waals surface area contributed by atoms with E-state index in [1.54, 1.807) is 34.8 Å². The normalized spacial score (nSPS) is 16.1. The molecule has 11 nitrogen and oxygen atoms in total. The van der Waals surface area contributed by atoms with Crippen molar-refractivity contribution in [3.8, 4) is 10.0 Å².